The maximum Gasteiger partial charge on any atom is 0.0901 e. The van der Waals surface area contributed by atoms with Gasteiger partial charge in [-0.15, -0.1) is 18.3 Å². The Morgan fingerprint density at radius 2 is 1.42 bits per heavy atom. The van der Waals surface area contributed by atoms with Crippen LogP contribution in [-0.4, -0.2) is 11.1 Å². The summed E-state index contributed by atoms with van der Waals surface area (Å²) in [6.07, 6.45) is 3.63. The number of hydrogen-bond acceptors (Lipinski definition) is 1. The number of hydrogen-bond donors (Lipinski definition) is 0. The molecule has 0 nitrogen and oxygen atoms in total. The van der Waals surface area contributed by atoms with E-state index >= 15 is 0 Å². The van der Waals surface area contributed by atoms with Crippen LogP contribution in [0.4, 0.5) is 0 Å². The lowest BCUT2D eigenvalue weighted by molar-refractivity contribution is 0.899. The molecule has 0 N–H and O–H groups in total. The Bertz CT molecular complexity index is 592. The van der Waals surface area contributed by atoms with Crippen molar-refractivity contribution >= 4 is 27.7 Å². The third-order valence-corrected chi connectivity index (χ3v) is 5.95. The number of allylic oxidation sites excluding steroid dienone is 2. The van der Waals surface area contributed by atoms with Crippen LogP contribution in [-0.2, 0) is 4.75 Å². The molecule has 0 amide bonds. The molecule has 0 aliphatic heterocycles. The normalized spacial score (nSPS) is 10.2. The quantitative estimate of drug-likeness (QED) is 0.274. The van der Waals surface area contributed by atoms with Gasteiger partial charge in [0, 0.05) is 11.1 Å². The largest absolute Gasteiger partial charge is 0.140 e. The molecular formula is C22H25BrS. The van der Waals surface area contributed by atoms with Gasteiger partial charge in [-0.1, -0.05) is 102 Å². The summed E-state index contributed by atoms with van der Waals surface area (Å²) in [4.78, 5) is 0. The van der Waals surface area contributed by atoms with Gasteiger partial charge >= 0.3 is 0 Å². The first kappa shape index (κ1) is 20.5. The molecule has 0 bridgehead atoms. The number of halogens is 1. The van der Waals surface area contributed by atoms with Crippen LogP contribution in [0.15, 0.2) is 98.1 Å². The van der Waals surface area contributed by atoms with Crippen molar-refractivity contribution in [3.63, 3.8) is 0 Å². The molecule has 0 saturated carbocycles. The fraction of sp³-hybridized carbons (Fsp3) is 0.182. The predicted octanol–water partition coefficient (Wildman–Crippen LogP) is 6.99. The molecule has 24 heavy (non-hydrogen) atoms. The van der Waals surface area contributed by atoms with E-state index in [9.17, 15) is 0 Å². The van der Waals surface area contributed by atoms with E-state index in [2.05, 4.69) is 84.2 Å². The highest BCUT2D eigenvalue weighted by Crippen LogP contribution is 2.48. The van der Waals surface area contributed by atoms with Gasteiger partial charge in [0.1, 0.15) is 0 Å². The van der Waals surface area contributed by atoms with Gasteiger partial charge in [0.05, 0.1) is 4.75 Å². The second-order valence-electron chi connectivity index (χ2n) is 5.09. The minimum Gasteiger partial charge on any atom is -0.140 e. The van der Waals surface area contributed by atoms with E-state index in [1.807, 2.05) is 36.9 Å². The molecule has 0 unspecified atom stereocenters. The van der Waals surface area contributed by atoms with Crippen LogP contribution in [0.25, 0.3) is 0 Å². The second-order valence-corrected chi connectivity index (χ2v) is 7.19. The number of rotatable bonds is 7. The fourth-order valence-electron chi connectivity index (χ4n) is 2.48. The molecule has 0 atom stereocenters. The highest BCUT2D eigenvalue weighted by atomic mass is 79.9. The molecule has 2 aromatic rings. The molecule has 2 aromatic carbocycles. The maximum absolute atomic E-state index is 4.30. The fourth-order valence-corrected chi connectivity index (χ4v) is 4.22. The summed E-state index contributed by atoms with van der Waals surface area (Å²) in [7, 11) is 0. The minimum atomic E-state index is -0.280. The lowest BCUT2D eigenvalue weighted by Crippen LogP contribution is -2.26. The van der Waals surface area contributed by atoms with E-state index in [4.69, 9.17) is 0 Å². The first-order valence-corrected chi connectivity index (χ1v) is 9.97. The van der Waals surface area contributed by atoms with Gasteiger partial charge in [-0.3, -0.25) is 0 Å². The Labute approximate surface area is 159 Å². The van der Waals surface area contributed by atoms with E-state index < -0.39 is 0 Å². The molecule has 0 aliphatic carbocycles. The van der Waals surface area contributed by atoms with Gasteiger partial charge in [-0.2, -0.15) is 0 Å². The Morgan fingerprint density at radius 1 is 1.00 bits per heavy atom. The van der Waals surface area contributed by atoms with Crippen molar-refractivity contribution in [3.8, 4) is 0 Å². The van der Waals surface area contributed by atoms with Crippen molar-refractivity contribution in [3.05, 3.63) is 109 Å². The molecule has 2 heteroatoms. The topological polar surface area (TPSA) is 0 Å². The van der Waals surface area contributed by atoms with E-state index in [1.54, 1.807) is 6.08 Å². The van der Waals surface area contributed by atoms with Crippen molar-refractivity contribution < 1.29 is 0 Å². The average Bonchev–Trinajstić information content (AvgIpc) is 2.64. The monoisotopic (exact) mass is 400 g/mol. The maximum atomic E-state index is 4.30. The highest BCUT2D eigenvalue weighted by Gasteiger charge is 2.36. The Kier molecular flexibility index (Phi) is 9.51. The first-order valence-electron chi connectivity index (χ1n) is 7.87. The summed E-state index contributed by atoms with van der Waals surface area (Å²) >= 11 is 5.43. The van der Waals surface area contributed by atoms with Gasteiger partial charge in [-0.25, -0.2) is 0 Å². The number of thioether (sulfide) groups is 1. The van der Waals surface area contributed by atoms with Crippen molar-refractivity contribution in [2.24, 2.45) is 0 Å². The lowest BCUT2D eigenvalue weighted by Gasteiger charge is -2.35. The van der Waals surface area contributed by atoms with Gasteiger partial charge in [0.2, 0.25) is 0 Å². The Balaban J connectivity index is 0.000000891. The van der Waals surface area contributed by atoms with Gasteiger partial charge in [0.25, 0.3) is 0 Å². The zero-order chi connectivity index (χ0) is 17.8. The zero-order valence-corrected chi connectivity index (χ0v) is 16.7. The molecule has 0 saturated heterocycles. The average molecular weight is 401 g/mol. The van der Waals surface area contributed by atoms with Crippen molar-refractivity contribution in [2.75, 3.05) is 11.1 Å². The Hall–Kier alpha value is -1.51. The molecule has 0 spiro atoms. The molecule has 0 aliphatic rings. The molecule has 2 rings (SSSR count). The van der Waals surface area contributed by atoms with E-state index in [1.165, 1.54) is 11.1 Å². The molecular weight excluding hydrogens is 376 g/mol. The summed E-state index contributed by atoms with van der Waals surface area (Å²) in [5.41, 5.74) is 3.50. The summed E-state index contributed by atoms with van der Waals surface area (Å²) < 4.78 is -0.280. The Morgan fingerprint density at radius 3 is 1.75 bits per heavy atom. The van der Waals surface area contributed by atoms with Gasteiger partial charge < -0.3 is 0 Å². The van der Waals surface area contributed by atoms with Crippen LogP contribution in [0.5, 0.6) is 0 Å². The SMILES string of the molecule is C=CC.C=CC(=C)C(SCCBr)(c1ccccc1)c1ccccc1. The van der Waals surface area contributed by atoms with Crippen LogP contribution >= 0.6 is 27.7 Å². The smallest absolute Gasteiger partial charge is 0.0901 e. The van der Waals surface area contributed by atoms with E-state index in [0.29, 0.717) is 0 Å². The summed E-state index contributed by atoms with van der Waals surface area (Å²) in [5.74, 6) is 0.997. The molecule has 126 valence electrons. The van der Waals surface area contributed by atoms with E-state index in [0.717, 1.165) is 16.7 Å². The van der Waals surface area contributed by atoms with Crippen molar-refractivity contribution in [1.82, 2.24) is 0 Å². The van der Waals surface area contributed by atoms with Crippen LogP contribution in [0.1, 0.15) is 18.1 Å². The van der Waals surface area contributed by atoms with Gasteiger partial charge in [0.15, 0.2) is 0 Å². The van der Waals surface area contributed by atoms with Crippen LogP contribution in [0, 0.1) is 0 Å². The van der Waals surface area contributed by atoms with E-state index in [-0.39, 0.29) is 4.75 Å². The van der Waals surface area contributed by atoms with Crippen LogP contribution < -0.4 is 0 Å². The van der Waals surface area contributed by atoms with Crippen LogP contribution in [0.2, 0.25) is 0 Å². The summed E-state index contributed by atoms with van der Waals surface area (Å²) in [6.45, 7) is 13.5. The van der Waals surface area contributed by atoms with Crippen molar-refractivity contribution in [2.45, 2.75) is 11.7 Å². The second kappa shape index (κ2) is 11.1. The minimum absolute atomic E-state index is 0.280. The molecule has 0 heterocycles. The third kappa shape index (κ3) is 4.99. The number of benzene rings is 2. The highest BCUT2D eigenvalue weighted by molar-refractivity contribution is 9.09. The van der Waals surface area contributed by atoms with Gasteiger partial charge in [-0.05, 0) is 23.6 Å². The summed E-state index contributed by atoms with van der Waals surface area (Å²) in [6, 6.07) is 21.1. The predicted molar refractivity (Wildman–Crippen MR) is 115 cm³/mol. The zero-order valence-electron chi connectivity index (χ0n) is 14.2. The number of alkyl halides is 1. The lowest BCUT2D eigenvalue weighted by atomic mass is 9.84. The molecule has 0 aromatic heterocycles. The molecule has 0 fully saturated rings. The standard InChI is InChI=1S/C19H19BrS.C3H6/c1-3-16(2)19(21-15-14-20,17-10-6-4-7-11-17)18-12-8-5-9-13-18;1-3-2/h3-13H,1-2,14-15H2;3H,1H2,2H3. The van der Waals surface area contributed by atoms with Crippen LogP contribution in [0.3, 0.4) is 0 Å². The molecule has 0 radical (unpaired) electrons. The summed E-state index contributed by atoms with van der Waals surface area (Å²) in [5, 5.41) is 0.948. The third-order valence-electron chi connectivity index (χ3n) is 3.45. The van der Waals surface area contributed by atoms with Crippen molar-refractivity contribution in [1.29, 1.82) is 0 Å². The first-order chi connectivity index (χ1) is 11.7.